The standard InChI is InChI=1S/C27H24Si.2C4H9.Ti/c1-19-17-21-11-7-9-15-24(21)26(19)28(3,23-13-5-4-6-14-23)27-20(2)18-22-12-8-10-16-25(22)27;2*1-3-4-2;/h4-18H,1-3H3;2*1,3-4H2,2H3;/q-2;2*-1;+4. The SMILES string of the molecule is Cc1[cH-]c2ccccc2c1[Si](C)(c1ccccc1)c1c(C)[cH-]c2ccccc12.[CH2-]CCC.[CH2-]CCC.[Ti+4]. The monoisotopic (exact) mass is 538 g/mol. The Bertz CT molecular complexity index is 1270. The number of hydrogen-bond acceptors (Lipinski definition) is 0. The molecule has 0 heterocycles. The number of fused-ring (bicyclic) bond motifs is 2. The average Bonchev–Trinajstić information content (AvgIpc) is 3.44. The van der Waals surface area contributed by atoms with Gasteiger partial charge in [0.1, 0.15) is 0 Å². The Morgan fingerprint density at radius 3 is 1.35 bits per heavy atom. The Balaban J connectivity index is 0.000000473. The van der Waals surface area contributed by atoms with E-state index in [2.05, 4.69) is 139 Å². The van der Waals surface area contributed by atoms with Gasteiger partial charge in [0.2, 0.25) is 0 Å². The van der Waals surface area contributed by atoms with Gasteiger partial charge in [0.05, 0.1) is 0 Å². The fourth-order valence-electron chi connectivity index (χ4n) is 5.25. The van der Waals surface area contributed by atoms with Crippen LogP contribution in [0.4, 0.5) is 0 Å². The second-order valence-corrected chi connectivity index (χ2v) is 13.6. The normalized spacial score (nSPS) is 10.8. The molecule has 5 rings (SSSR count). The first-order chi connectivity index (χ1) is 17.4. The molecule has 5 aromatic rings. The smallest absolute Gasteiger partial charge is 0.343 e. The van der Waals surface area contributed by atoms with Gasteiger partial charge in [-0.1, -0.05) is 94.7 Å². The molecular weight excluding hydrogens is 496 g/mol. The van der Waals surface area contributed by atoms with Gasteiger partial charge in [-0.25, -0.2) is 0 Å². The van der Waals surface area contributed by atoms with Crippen LogP contribution in [0.5, 0.6) is 0 Å². The molecule has 0 atom stereocenters. The molecule has 2 heteroatoms. The van der Waals surface area contributed by atoms with Crippen LogP contribution in [0.15, 0.2) is 91.0 Å². The first-order valence-electron chi connectivity index (χ1n) is 13.4. The van der Waals surface area contributed by atoms with Crippen molar-refractivity contribution in [3.05, 3.63) is 116 Å². The summed E-state index contributed by atoms with van der Waals surface area (Å²) < 4.78 is 0. The maximum absolute atomic E-state index is 3.60. The van der Waals surface area contributed by atoms with Gasteiger partial charge in [-0.05, 0) is 0 Å². The van der Waals surface area contributed by atoms with Crippen molar-refractivity contribution in [2.24, 2.45) is 0 Å². The number of benzene rings is 3. The summed E-state index contributed by atoms with van der Waals surface area (Å²) in [5.74, 6) is 0. The molecule has 37 heavy (non-hydrogen) atoms. The molecule has 0 spiro atoms. The Labute approximate surface area is 241 Å². The number of aryl methyl sites for hydroxylation is 2. The zero-order chi connectivity index (χ0) is 26.1. The summed E-state index contributed by atoms with van der Waals surface area (Å²) in [7, 11) is -2.19. The van der Waals surface area contributed by atoms with E-state index in [0.717, 1.165) is 12.8 Å². The summed E-state index contributed by atoms with van der Waals surface area (Å²) in [6.07, 6.45) is 4.56. The molecule has 0 amide bonds. The van der Waals surface area contributed by atoms with Crippen molar-refractivity contribution in [2.75, 3.05) is 0 Å². The van der Waals surface area contributed by atoms with Crippen LogP contribution in [-0.2, 0) is 21.7 Å². The maximum Gasteiger partial charge on any atom is 4.00 e. The van der Waals surface area contributed by atoms with Gasteiger partial charge >= 0.3 is 21.7 Å². The summed E-state index contributed by atoms with van der Waals surface area (Å²) in [5.41, 5.74) is 2.84. The van der Waals surface area contributed by atoms with E-state index in [0.29, 0.717) is 0 Å². The van der Waals surface area contributed by atoms with Crippen molar-refractivity contribution in [3.8, 4) is 0 Å². The Morgan fingerprint density at radius 1 is 0.622 bits per heavy atom. The Morgan fingerprint density at radius 2 is 0.973 bits per heavy atom. The minimum absolute atomic E-state index is 0. The van der Waals surface area contributed by atoms with Crippen molar-refractivity contribution in [3.63, 3.8) is 0 Å². The van der Waals surface area contributed by atoms with Gasteiger partial charge in [-0.2, -0.15) is 23.2 Å². The van der Waals surface area contributed by atoms with Gasteiger partial charge in [-0.3, -0.25) is 0 Å². The van der Waals surface area contributed by atoms with Crippen molar-refractivity contribution in [1.82, 2.24) is 0 Å². The first-order valence-corrected chi connectivity index (χ1v) is 15.9. The molecule has 5 aromatic carbocycles. The summed E-state index contributed by atoms with van der Waals surface area (Å²) in [5, 5.41) is 10.2. The number of hydrogen-bond donors (Lipinski definition) is 0. The molecule has 0 saturated heterocycles. The fourth-order valence-corrected chi connectivity index (χ4v) is 10.2. The summed E-state index contributed by atoms with van der Waals surface area (Å²) in [6.45, 7) is 18.6. The number of rotatable bonds is 5. The van der Waals surface area contributed by atoms with Crippen LogP contribution in [0.3, 0.4) is 0 Å². The van der Waals surface area contributed by atoms with E-state index in [1.807, 2.05) is 0 Å². The van der Waals surface area contributed by atoms with Gasteiger partial charge in [0, 0.05) is 8.07 Å². The van der Waals surface area contributed by atoms with E-state index in [-0.39, 0.29) is 21.7 Å². The van der Waals surface area contributed by atoms with Crippen molar-refractivity contribution >= 4 is 45.2 Å². The van der Waals surface area contributed by atoms with Crippen LogP contribution in [-0.4, -0.2) is 8.07 Å². The number of unbranched alkanes of at least 4 members (excludes halogenated alkanes) is 2. The maximum atomic E-state index is 3.60. The van der Waals surface area contributed by atoms with E-state index < -0.39 is 8.07 Å². The topological polar surface area (TPSA) is 0 Å². The van der Waals surface area contributed by atoms with Crippen LogP contribution >= 0.6 is 0 Å². The molecule has 0 aliphatic carbocycles. The molecule has 190 valence electrons. The molecule has 0 unspecified atom stereocenters. The largest absolute Gasteiger partial charge is 4.00 e. The second kappa shape index (κ2) is 14.7. The summed E-state index contributed by atoms with van der Waals surface area (Å²) >= 11 is 0. The molecule has 0 radical (unpaired) electrons. The van der Waals surface area contributed by atoms with Crippen LogP contribution in [0, 0.1) is 27.7 Å². The van der Waals surface area contributed by atoms with Gasteiger partial charge in [-0.15, -0.1) is 81.2 Å². The van der Waals surface area contributed by atoms with Crippen LogP contribution in [0.2, 0.25) is 6.55 Å². The fraction of sp³-hybridized carbons (Fsp3) is 0.257. The zero-order valence-corrected chi connectivity index (χ0v) is 26.0. The zero-order valence-electron chi connectivity index (χ0n) is 23.4. The average molecular weight is 539 g/mol. The third kappa shape index (κ3) is 6.63. The molecule has 0 fully saturated rings. The minimum atomic E-state index is -2.19. The molecule has 0 saturated carbocycles. The van der Waals surface area contributed by atoms with Crippen LogP contribution in [0.1, 0.15) is 50.7 Å². The van der Waals surface area contributed by atoms with Gasteiger partial charge < -0.3 is 13.8 Å². The minimum Gasteiger partial charge on any atom is -0.343 e. The summed E-state index contributed by atoms with van der Waals surface area (Å²) in [4.78, 5) is 0. The third-order valence-electron chi connectivity index (χ3n) is 7.05. The van der Waals surface area contributed by atoms with Crippen LogP contribution in [0.25, 0.3) is 21.5 Å². The van der Waals surface area contributed by atoms with E-state index >= 15 is 0 Å². The predicted octanol–water partition coefficient (Wildman–Crippen LogP) is 8.39. The van der Waals surface area contributed by atoms with Crippen molar-refractivity contribution in [1.29, 1.82) is 0 Å². The van der Waals surface area contributed by atoms with E-state index in [1.54, 1.807) is 10.4 Å². The molecule has 0 aliphatic rings. The predicted molar refractivity (Wildman–Crippen MR) is 166 cm³/mol. The van der Waals surface area contributed by atoms with Gasteiger partial charge in [0.25, 0.3) is 0 Å². The third-order valence-corrected chi connectivity index (χ3v) is 11.9. The first kappa shape index (κ1) is 31.0. The molecular formula is C35H42SiTi. The van der Waals surface area contributed by atoms with Gasteiger partial charge in [0.15, 0.2) is 0 Å². The molecule has 0 nitrogen and oxygen atoms in total. The van der Waals surface area contributed by atoms with E-state index in [1.165, 1.54) is 50.7 Å². The second-order valence-electron chi connectivity index (χ2n) is 9.78. The Hall–Kier alpha value is -2.19. The molecule has 0 aromatic heterocycles. The van der Waals surface area contributed by atoms with E-state index in [4.69, 9.17) is 0 Å². The summed E-state index contributed by atoms with van der Waals surface area (Å²) in [6, 6.07) is 33.7. The quantitative estimate of drug-likeness (QED) is 0.156. The van der Waals surface area contributed by atoms with Crippen molar-refractivity contribution < 1.29 is 21.7 Å². The molecule has 0 bridgehead atoms. The van der Waals surface area contributed by atoms with Crippen LogP contribution < -0.4 is 15.6 Å². The molecule has 0 N–H and O–H groups in total. The van der Waals surface area contributed by atoms with E-state index in [9.17, 15) is 0 Å². The Kier molecular flexibility index (Phi) is 12.3. The van der Waals surface area contributed by atoms with Crippen molar-refractivity contribution in [2.45, 2.75) is 59.9 Å². The molecule has 0 aliphatic heterocycles.